The van der Waals surface area contributed by atoms with E-state index in [1.54, 1.807) is 0 Å². The number of carboxylic acids is 1. The Balaban J connectivity index is 2.38. The molecule has 0 atom stereocenters. The summed E-state index contributed by atoms with van der Waals surface area (Å²) in [5.74, 6) is -0.788. The molecule has 0 bridgehead atoms. The minimum Gasteiger partial charge on any atom is -0.481 e. The maximum atomic E-state index is 10.3. The van der Waals surface area contributed by atoms with Crippen LogP contribution >= 0.6 is 11.3 Å². The summed E-state index contributed by atoms with van der Waals surface area (Å²) in [6.45, 7) is 3.12. The molecular weight excluding hydrogens is 202 g/mol. The average molecular weight is 215 g/mol. The van der Waals surface area contributed by atoms with Crippen LogP contribution in [0.15, 0.2) is 5.38 Å². The number of hydrogen-bond donors (Lipinski definition) is 1. The van der Waals surface area contributed by atoms with Crippen molar-refractivity contribution < 1.29 is 14.6 Å². The molecule has 0 radical (unpaired) electrons. The third-order valence-electron chi connectivity index (χ3n) is 1.62. The third kappa shape index (κ3) is 3.85. The van der Waals surface area contributed by atoms with Gasteiger partial charge >= 0.3 is 5.97 Å². The van der Waals surface area contributed by atoms with Gasteiger partial charge < -0.3 is 9.84 Å². The van der Waals surface area contributed by atoms with Gasteiger partial charge in [-0.2, -0.15) is 0 Å². The Morgan fingerprint density at radius 2 is 2.50 bits per heavy atom. The molecule has 0 unspecified atom stereocenters. The highest BCUT2D eigenvalue weighted by molar-refractivity contribution is 7.09. The molecule has 4 nitrogen and oxygen atoms in total. The Bertz CT molecular complexity index is 298. The van der Waals surface area contributed by atoms with Crippen molar-refractivity contribution in [2.75, 3.05) is 6.61 Å². The van der Waals surface area contributed by atoms with E-state index in [0.29, 0.717) is 19.6 Å². The molecule has 0 spiro atoms. The number of rotatable bonds is 6. The summed E-state index contributed by atoms with van der Waals surface area (Å²) in [5, 5.41) is 11.3. The molecule has 1 rings (SSSR count). The summed E-state index contributed by atoms with van der Waals surface area (Å²) < 4.78 is 5.19. The molecule has 1 N–H and O–H groups in total. The van der Waals surface area contributed by atoms with Crippen LogP contribution in [0.4, 0.5) is 0 Å². The van der Waals surface area contributed by atoms with E-state index >= 15 is 0 Å². The van der Waals surface area contributed by atoms with Crippen LogP contribution in [0, 0.1) is 0 Å². The molecule has 1 aromatic rings. The molecule has 1 heterocycles. The number of hydrogen-bond acceptors (Lipinski definition) is 4. The first-order chi connectivity index (χ1) is 6.72. The van der Waals surface area contributed by atoms with Crippen molar-refractivity contribution in [1.29, 1.82) is 0 Å². The summed E-state index contributed by atoms with van der Waals surface area (Å²) in [5.41, 5.74) is 0.840. The van der Waals surface area contributed by atoms with E-state index in [-0.39, 0.29) is 6.42 Å². The molecule has 0 saturated carbocycles. The second-order valence-electron chi connectivity index (χ2n) is 2.76. The van der Waals surface area contributed by atoms with Gasteiger partial charge in [0, 0.05) is 18.4 Å². The number of aryl methyl sites for hydroxylation is 1. The van der Waals surface area contributed by atoms with E-state index in [4.69, 9.17) is 9.84 Å². The molecule has 1 aromatic heterocycles. The number of aliphatic carboxylic acids is 1. The van der Waals surface area contributed by atoms with Crippen LogP contribution in [0.2, 0.25) is 0 Å². The fourth-order valence-corrected chi connectivity index (χ4v) is 1.72. The van der Waals surface area contributed by atoms with Gasteiger partial charge in [-0.3, -0.25) is 4.79 Å². The number of aromatic nitrogens is 1. The summed E-state index contributed by atoms with van der Waals surface area (Å²) >= 11 is 1.51. The van der Waals surface area contributed by atoms with Gasteiger partial charge in [0.2, 0.25) is 0 Å². The van der Waals surface area contributed by atoms with Gasteiger partial charge in [0.1, 0.15) is 5.01 Å². The Labute approximate surface area is 86.6 Å². The minimum absolute atomic E-state index is 0.137. The van der Waals surface area contributed by atoms with Gasteiger partial charge in [-0.25, -0.2) is 4.98 Å². The lowest BCUT2D eigenvalue weighted by Crippen LogP contribution is -1.98. The zero-order valence-electron chi connectivity index (χ0n) is 8.02. The van der Waals surface area contributed by atoms with Crippen molar-refractivity contribution in [3.63, 3.8) is 0 Å². The Morgan fingerprint density at radius 3 is 3.14 bits per heavy atom. The third-order valence-corrected chi connectivity index (χ3v) is 2.50. The molecule has 0 amide bonds. The highest BCUT2D eigenvalue weighted by atomic mass is 32.1. The summed E-state index contributed by atoms with van der Waals surface area (Å²) in [7, 11) is 0. The lowest BCUT2D eigenvalue weighted by atomic mass is 10.2. The number of carboxylic acid groups (broad SMARTS) is 1. The van der Waals surface area contributed by atoms with Crippen LogP contribution in [0.5, 0.6) is 0 Å². The van der Waals surface area contributed by atoms with Gasteiger partial charge in [0.05, 0.1) is 18.7 Å². The van der Waals surface area contributed by atoms with Crippen LogP contribution in [0.25, 0.3) is 0 Å². The van der Waals surface area contributed by atoms with Crippen LogP contribution in [-0.4, -0.2) is 22.7 Å². The second kappa shape index (κ2) is 5.72. The summed E-state index contributed by atoms with van der Waals surface area (Å²) in [4.78, 5) is 14.6. The first-order valence-electron chi connectivity index (χ1n) is 4.45. The quantitative estimate of drug-likeness (QED) is 0.784. The van der Waals surface area contributed by atoms with Gasteiger partial charge in [-0.05, 0) is 6.92 Å². The van der Waals surface area contributed by atoms with E-state index in [1.165, 1.54) is 11.3 Å². The van der Waals surface area contributed by atoms with E-state index in [1.807, 2.05) is 12.3 Å². The lowest BCUT2D eigenvalue weighted by Gasteiger charge is -1.95. The molecule has 0 aliphatic carbocycles. The topological polar surface area (TPSA) is 59.4 Å². The molecule has 0 aliphatic heterocycles. The zero-order chi connectivity index (χ0) is 10.4. The fraction of sp³-hybridized carbons (Fsp3) is 0.556. The minimum atomic E-state index is -0.788. The maximum Gasteiger partial charge on any atom is 0.303 e. The predicted molar refractivity (Wildman–Crippen MR) is 53.4 cm³/mol. The van der Waals surface area contributed by atoms with Crippen LogP contribution in [-0.2, 0) is 22.6 Å². The largest absolute Gasteiger partial charge is 0.481 e. The van der Waals surface area contributed by atoms with Crippen LogP contribution in [0.1, 0.15) is 24.0 Å². The van der Waals surface area contributed by atoms with Gasteiger partial charge in [0.15, 0.2) is 0 Å². The molecule has 78 valence electrons. The Hall–Kier alpha value is -0.940. The standard InChI is InChI=1S/C9H13NO3S/c1-2-13-5-8-10-7(6-14-8)3-4-9(11)12/h6H,2-5H2,1H3,(H,11,12). The second-order valence-corrected chi connectivity index (χ2v) is 3.71. The predicted octanol–water partition coefficient (Wildman–Crippen LogP) is 1.70. The lowest BCUT2D eigenvalue weighted by molar-refractivity contribution is -0.136. The van der Waals surface area contributed by atoms with E-state index < -0.39 is 5.97 Å². The van der Waals surface area contributed by atoms with Crippen molar-refractivity contribution in [3.8, 4) is 0 Å². The van der Waals surface area contributed by atoms with Crippen molar-refractivity contribution in [3.05, 3.63) is 16.1 Å². The SMILES string of the molecule is CCOCc1nc(CCC(=O)O)cs1. The smallest absolute Gasteiger partial charge is 0.303 e. The molecule has 0 fully saturated rings. The van der Waals surface area contributed by atoms with Gasteiger partial charge in [-0.15, -0.1) is 11.3 Å². The van der Waals surface area contributed by atoms with Crippen molar-refractivity contribution in [2.45, 2.75) is 26.4 Å². The van der Waals surface area contributed by atoms with Crippen LogP contribution in [0.3, 0.4) is 0 Å². The van der Waals surface area contributed by atoms with Crippen molar-refractivity contribution >= 4 is 17.3 Å². The monoisotopic (exact) mass is 215 g/mol. The molecule has 14 heavy (non-hydrogen) atoms. The zero-order valence-corrected chi connectivity index (χ0v) is 8.84. The van der Waals surface area contributed by atoms with Crippen LogP contribution < -0.4 is 0 Å². The normalized spacial score (nSPS) is 10.4. The molecular formula is C9H13NO3S. The maximum absolute atomic E-state index is 10.3. The summed E-state index contributed by atoms with van der Waals surface area (Å²) in [6.07, 6.45) is 0.635. The van der Waals surface area contributed by atoms with Crippen molar-refractivity contribution in [2.24, 2.45) is 0 Å². The number of thiazole rings is 1. The highest BCUT2D eigenvalue weighted by Gasteiger charge is 2.04. The highest BCUT2D eigenvalue weighted by Crippen LogP contribution is 2.12. The number of nitrogens with zero attached hydrogens (tertiary/aromatic N) is 1. The first kappa shape index (κ1) is 11.1. The Morgan fingerprint density at radius 1 is 1.71 bits per heavy atom. The first-order valence-corrected chi connectivity index (χ1v) is 5.33. The molecule has 0 saturated heterocycles. The van der Waals surface area contributed by atoms with E-state index in [0.717, 1.165) is 10.7 Å². The van der Waals surface area contributed by atoms with Gasteiger partial charge in [-0.1, -0.05) is 0 Å². The average Bonchev–Trinajstić information content (AvgIpc) is 2.59. The molecule has 0 aliphatic rings. The molecule has 5 heteroatoms. The summed E-state index contributed by atoms with van der Waals surface area (Å²) in [6, 6.07) is 0. The van der Waals surface area contributed by atoms with Crippen molar-refractivity contribution in [1.82, 2.24) is 4.98 Å². The van der Waals surface area contributed by atoms with E-state index in [9.17, 15) is 4.79 Å². The van der Waals surface area contributed by atoms with E-state index in [2.05, 4.69) is 4.98 Å². The molecule has 0 aromatic carbocycles. The fourth-order valence-electron chi connectivity index (χ4n) is 0.954. The Kier molecular flexibility index (Phi) is 4.55. The number of carbonyl (C=O) groups is 1. The number of ether oxygens (including phenoxy) is 1. The van der Waals surface area contributed by atoms with Gasteiger partial charge in [0.25, 0.3) is 0 Å².